The van der Waals surface area contributed by atoms with Crippen molar-refractivity contribution in [1.82, 2.24) is 29.6 Å². The first kappa shape index (κ1) is 30.1. The largest absolute Gasteiger partial charge is 0.354 e. The lowest BCUT2D eigenvalue weighted by Crippen LogP contribution is -2.60. The molecule has 1 fully saturated rings. The van der Waals surface area contributed by atoms with Crippen LogP contribution >= 0.6 is 11.8 Å². The van der Waals surface area contributed by atoms with Crippen LogP contribution in [0.5, 0.6) is 0 Å². The first-order valence-electron chi connectivity index (χ1n) is 15.2. The third kappa shape index (κ3) is 4.37. The number of anilines is 1. The van der Waals surface area contributed by atoms with Gasteiger partial charge in [0.05, 0.1) is 50.5 Å². The van der Waals surface area contributed by atoms with Crippen LogP contribution in [0.25, 0.3) is 38.6 Å². The van der Waals surface area contributed by atoms with Crippen LogP contribution in [-0.4, -0.2) is 66.5 Å². The Kier molecular flexibility index (Phi) is 7.22. The molecule has 1 N–H and O–H groups in total. The Morgan fingerprint density at radius 2 is 1.91 bits per heavy atom. The lowest BCUT2D eigenvalue weighted by molar-refractivity contribution is -0.127. The van der Waals surface area contributed by atoms with Crippen LogP contribution in [0.3, 0.4) is 0 Å². The van der Waals surface area contributed by atoms with Crippen molar-refractivity contribution in [1.29, 1.82) is 0 Å². The second kappa shape index (κ2) is 11.0. The fraction of sp³-hybridized carbons (Fsp3) is 0.324. The lowest BCUT2D eigenvalue weighted by Gasteiger charge is -2.45. The van der Waals surface area contributed by atoms with E-state index in [1.165, 1.54) is 22.4 Å². The summed E-state index contributed by atoms with van der Waals surface area (Å²) in [5.41, 5.74) is 2.43. The third-order valence-corrected chi connectivity index (χ3v) is 10.3. The number of hydrogen-bond acceptors (Lipinski definition) is 7. The average molecular weight is 642 g/mol. The van der Waals surface area contributed by atoms with Gasteiger partial charge in [-0.2, -0.15) is 10.1 Å². The third-order valence-electron chi connectivity index (χ3n) is 9.09. The number of piperazine rings is 1. The van der Waals surface area contributed by atoms with Gasteiger partial charge in [0, 0.05) is 42.0 Å². The highest BCUT2D eigenvalue weighted by Gasteiger charge is 2.41. The molecule has 2 aromatic carbocycles. The summed E-state index contributed by atoms with van der Waals surface area (Å²) in [5, 5.41) is 7.85. The Morgan fingerprint density at radius 3 is 2.65 bits per heavy atom. The van der Waals surface area contributed by atoms with Crippen molar-refractivity contribution in [2.24, 2.45) is 0 Å². The summed E-state index contributed by atoms with van der Waals surface area (Å²) in [6.07, 6.45) is 4.51. The van der Waals surface area contributed by atoms with E-state index in [9.17, 15) is 9.59 Å². The number of hydrogen-bond donors (Lipinski definition) is 1. The standard InChI is InChI=1S/C34H33F2N7O2S/c1-7-23(44)41-13-19(6)42-20(14-41)15-46-32-26-31(27(35)25(28(32)36)24-17(4)8-9-22-21(24)12-38-40-22)43(34(45)39-33(26)42)30-18(5)10-11-37-29(30)16(2)3/h7-12,16,19-20H,1,13-15H2,2-6H3,(H,38,40). The number of halogens is 2. The molecule has 5 aromatic rings. The van der Waals surface area contributed by atoms with Gasteiger partial charge in [0.25, 0.3) is 0 Å². The summed E-state index contributed by atoms with van der Waals surface area (Å²) in [7, 11) is 0. The summed E-state index contributed by atoms with van der Waals surface area (Å²) in [4.78, 5) is 40.1. The van der Waals surface area contributed by atoms with Gasteiger partial charge in [-0.05, 0) is 56.0 Å². The molecule has 12 heteroatoms. The van der Waals surface area contributed by atoms with E-state index in [2.05, 4.69) is 26.7 Å². The molecule has 2 aliphatic heterocycles. The number of aromatic nitrogens is 5. The van der Waals surface area contributed by atoms with Crippen molar-refractivity contribution in [3.8, 4) is 16.8 Å². The van der Waals surface area contributed by atoms with E-state index in [0.29, 0.717) is 57.8 Å². The molecule has 2 unspecified atom stereocenters. The predicted octanol–water partition coefficient (Wildman–Crippen LogP) is 6.04. The van der Waals surface area contributed by atoms with E-state index >= 15 is 8.78 Å². The van der Waals surface area contributed by atoms with Gasteiger partial charge < -0.3 is 9.80 Å². The number of fused-ring (bicyclic) bond motifs is 3. The Labute approximate surface area is 268 Å². The van der Waals surface area contributed by atoms with Crippen LogP contribution in [-0.2, 0) is 4.79 Å². The first-order chi connectivity index (χ1) is 22.0. The average Bonchev–Trinajstić information content (AvgIpc) is 3.43. The summed E-state index contributed by atoms with van der Waals surface area (Å²) >= 11 is 1.25. The SMILES string of the molecule is C=CC(=O)N1CC(C)N2c3nc(=O)n(-c4c(C)ccnc4C(C)C)c4c(F)c(-c5c(C)ccc6[nH]ncc56)c(F)c(c34)SCC2C1. The van der Waals surface area contributed by atoms with Crippen molar-refractivity contribution in [3.05, 3.63) is 82.2 Å². The number of nitrogens with zero attached hydrogens (tertiary/aromatic N) is 6. The molecule has 46 heavy (non-hydrogen) atoms. The zero-order chi connectivity index (χ0) is 32.6. The highest BCUT2D eigenvalue weighted by molar-refractivity contribution is 7.99. The fourth-order valence-corrected chi connectivity index (χ4v) is 8.23. The number of amides is 1. The highest BCUT2D eigenvalue weighted by atomic mass is 32.2. The van der Waals surface area contributed by atoms with E-state index in [4.69, 9.17) is 0 Å². The number of carbonyl (C=O) groups is 1. The van der Waals surface area contributed by atoms with Crippen molar-refractivity contribution in [3.63, 3.8) is 0 Å². The molecule has 5 heterocycles. The van der Waals surface area contributed by atoms with E-state index in [0.717, 1.165) is 0 Å². The van der Waals surface area contributed by atoms with Gasteiger partial charge in [0.1, 0.15) is 11.6 Å². The minimum absolute atomic E-state index is 0.0516. The molecule has 3 aromatic heterocycles. The normalized spacial score (nSPS) is 17.9. The van der Waals surface area contributed by atoms with Crippen LogP contribution in [0.1, 0.15) is 43.5 Å². The Hall–Kier alpha value is -4.58. The Bertz CT molecular complexity index is 2160. The number of pyridine rings is 1. The number of nitrogens with one attached hydrogen (secondary N) is 1. The van der Waals surface area contributed by atoms with Gasteiger partial charge in [0.15, 0.2) is 5.82 Å². The van der Waals surface area contributed by atoms with Gasteiger partial charge in [0.2, 0.25) is 5.91 Å². The smallest absolute Gasteiger partial charge is 0.346 e. The van der Waals surface area contributed by atoms with Crippen molar-refractivity contribution >= 4 is 45.3 Å². The molecule has 0 spiro atoms. The first-order valence-corrected chi connectivity index (χ1v) is 16.2. The minimum atomic E-state index is -0.862. The molecule has 236 valence electrons. The summed E-state index contributed by atoms with van der Waals surface area (Å²) in [6, 6.07) is 4.79. The lowest BCUT2D eigenvalue weighted by atomic mass is 9.94. The van der Waals surface area contributed by atoms with Crippen molar-refractivity contribution in [2.45, 2.75) is 57.5 Å². The van der Waals surface area contributed by atoms with E-state index < -0.39 is 17.3 Å². The molecule has 9 nitrogen and oxygen atoms in total. The number of rotatable bonds is 4. The number of benzene rings is 2. The van der Waals surface area contributed by atoms with Gasteiger partial charge in [-0.25, -0.2) is 13.6 Å². The minimum Gasteiger partial charge on any atom is -0.346 e. The summed E-state index contributed by atoms with van der Waals surface area (Å²) < 4.78 is 36.1. The zero-order valence-electron chi connectivity index (χ0n) is 26.2. The molecule has 0 saturated carbocycles. The van der Waals surface area contributed by atoms with Crippen molar-refractivity contribution in [2.75, 3.05) is 23.7 Å². The molecule has 7 rings (SSSR count). The molecule has 0 bridgehead atoms. The Morgan fingerprint density at radius 1 is 1.13 bits per heavy atom. The molecular weight excluding hydrogens is 608 g/mol. The summed E-state index contributed by atoms with van der Waals surface area (Å²) in [5.74, 6) is -1.30. The zero-order valence-corrected chi connectivity index (χ0v) is 27.0. The van der Waals surface area contributed by atoms with Crippen LogP contribution in [0.4, 0.5) is 14.6 Å². The predicted molar refractivity (Wildman–Crippen MR) is 177 cm³/mol. The van der Waals surface area contributed by atoms with E-state index in [1.807, 2.05) is 38.7 Å². The van der Waals surface area contributed by atoms with Gasteiger partial charge >= 0.3 is 5.69 Å². The highest BCUT2D eigenvalue weighted by Crippen LogP contribution is 2.48. The molecule has 2 atom stereocenters. The molecule has 1 saturated heterocycles. The number of aromatic amines is 1. The van der Waals surface area contributed by atoms with Gasteiger partial charge in [-0.3, -0.25) is 19.4 Å². The maximum Gasteiger partial charge on any atom is 0.354 e. The maximum absolute atomic E-state index is 17.6. The molecule has 1 amide bonds. The number of H-pyrrole nitrogens is 1. The second-order valence-corrected chi connectivity index (χ2v) is 13.4. The van der Waals surface area contributed by atoms with E-state index in [-0.39, 0.29) is 51.1 Å². The number of thioether (sulfide) groups is 1. The monoisotopic (exact) mass is 641 g/mol. The van der Waals surface area contributed by atoms with Crippen LogP contribution in [0.15, 0.2) is 52.9 Å². The Balaban J connectivity index is 1.64. The van der Waals surface area contributed by atoms with Crippen LogP contribution in [0, 0.1) is 25.5 Å². The van der Waals surface area contributed by atoms with Gasteiger partial charge in [-0.1, -0.05) is 26.5 Å². The second-order valence-electron chi connectivity index (χ2n) is 12.4. The quantitative estimate of drug-likeness (QED) is 0.239. The van der Waals surface area contributed by atoms with Gasteiger partial charge in [-0.15, -0.1) is 11.8 Å². The number of aryl methyl sites for hydroxylation is 2. The molecular formula is C34H33F2N7O2S. The van der Waals surface area contributed by atoms with Crippen LogP contribution in [0.2, 0.25) is 0 Å². The number of carbonyl (C=O) groups excluding carboxylic acids is 1. The molecule has 2 aliphatic rings. The molecule has 0 radical (unpaired) electrons. The maximum atomic E-state index is 17.6. The summed E-state index contributed by atoms with van der Waals surface area (Å²) in [6.45, 7) is 13.8. The van der Waals surface area contributed by atoms with Crippen LogP contribution < -0.4 is 10.6 Å². The topological polar surface area (TPSA) is 100 Å². The fourth-order valence-electron chi connectivity index (χ4n) is 7.04. The van der Waals surface area contributed by atoms with E-state index in [1.54, 1.807) is 36.4 Å². The van der Waals surface area contributed by atoms with Crippen molar-refractivity contribution < 1.29 is 13.6 Å². The molecule has 0 aliphatic carbocycles.